The topological polar surface area (TPSA) is 55.7 Å². The van der Waals surface area contributed by atoms with E-state index < -0.39 is 11.8 Å². The Hall–Kier alpha value is -1.78. The predicted octanol–water partition coefficient (Wildman–Crippen LogP) is 2.97. The highest BCUT2D eigenvalue weighted by Gasteiger charge is 2.07. The molecular formula is C11H14FNO3. The summed E-state index contributed by atoms with van der Waals surface area (Å²) < 4.78 is 17.4. The van der Waals surface area contributed by atoms with Crippen LogP contribution in [0.4, 0.5) is 10.1 Å². The van der Waals surface area contributed by atoms with Gasteiger partial charge < -0.3 is 4.74 Å². The minimum atomic E-state index is -0.735. The number of esters is 1. The molecule has 0 aliphatic carbocycles. The normalized spacial score (nSPS) is 8.75. The molecule has 0 atom stereocenters. The Kier molecular flexibility index (Phi) is 6.67. The maximum atomic E-state index is 13.0. The number of hydrogen-bond donors (Lipinski definition) is 0. The fourth-order valence-corrected chi connectivity index (χ4v) is 0.973. The van der Waals surface area contributed by atoms with Crippen LogP contribution in [0.3, 0.4) is 0 Å². The van der Waals surface area contributed by atoms with Crippen molar-refractivity contribution in [1.29, 1.82) is 0 Å². The molecule has 0 N–H and O–H groups in total. The minimum Gasteiger partial charge on any atom is -0.469 e. The van der Waals surface area contributed by atoms with Crippen molar-refractivity contribution in [3.63, 3.8) is 0 Å². The van der Waals surface area contributed by atoms with Crippen LogP contribution in [0.25, 0.3) is 0 Å². The lowest BCUT2D eigenvalue weighted by molar-refractivity contribution is -0.139. The highest BCUT2D eigenvalue weighted by atomic mass is 19.1. The molecule has 1 rings (SSSR count). The molecule has 16 heavy (non-hydrogen) atoms. The number of carbonyl (C=O) groups is 1. The number of hydrogen-bond acceptors (Lipinski definition) is 4. The molecule has 0 aliphatic rings. The van der Waals surface area contributed by atoms with Gasteiger partial charge in [0.15, 0.2) is 5.82 Å². The number of carbonyl (C=O) groups excluding carboxylic acids is 1. The Bertz CT molecular complexity index is 366. The summed E-state index contributed by atoms with van der Waals surface area (Å²) >= 11 is 0. The van der Waals surface area contributed by atoms with E-state index in [-0.39, 0.29) is 12.1 Å². The Morgan fingerprint density at radius 3 is 2.50 bits per heavy atom. The average molecular weight is 227 g/mol. The third-order valence-electron chi connectivity index (χ3n) is 1.69. The molecule has 5 heteroatoms. The van der Waals surface area contributed by atoms with Crippen molar-refractivity contribution < 1.29 is 13.9 Å². The second-order valence-corrected chi connectivity index (χ2v) is 2.63. The van der Waals surface area contributed by atoms with Crippen LogP contribution in [0.15, 0.2) is 23.4 Å². The largest absolute Gasteiger partial charge is 0.469 e. The van der Waals surface area contributed by atoms with Crippen LogP contribution in [0, 0.1) is 10.7 Å². The maximum absolute atomic E-state index is 13.0. The van der Waals surface area contributed by atoms with Gasteiger partial charge >= 0.3 is 5.97 Å². The Labute approximate surface area is 93.4 Å². The van der Waals surface area contributed by atoms with E-state index in [0.29, 0.717) is 5.56 Å². The number of rotatable bonds is 3. The minimum absolute atomic E-state index is 0.0213. The molecule has 4 nitrogen and oxygen atoms in total. The van der Waals surface area contributed by atoms with Gasteiger partial charge in [0.05, 0.1) is 13.5 Å². The molecule has 0 fully saturated rings. The number of benzene rings is 1. The molecule has 1 aromatic carbocycles. The standard InChI is InChI=1S/C9H8FNO3.C2H6/c1-14-9(12)5-6-2-3-8(11-13)7(10)4-6;1-2/h2-4H,5H2,1H3;1-2H3. The third kappa shape index (κ3) is 4.16. The van der Waals surface area contributed by atoms with Gasteiger partial charge in [0, 0.05) is 0 Å². The van der Waals surface area contributed by atoms with Crippen molar-refractivity contribution in [3.05, 3.63) is 34.5 Å². The van der Waals surface area contributed by atoms with Crippen LogP contribution in [-0.2, 0) is 16.0 Å². The van der Waals surface area contributed by atoms with Crippen LogP contribution in [-0.4, -0.2) is 13.1 Å². The van der Waals surface area contributed by atoms with Crippen LogP contribution in [0.1, 0.15) is 19.4 Å². The third-order valence-corrected chi connectivity index (χ3v) is 1.69. The number of halogens is 1. The first-order chi connectivity index (χ1) is 7.67. The molecule has 0 heterocycles. The van der Waals surface area contributed by atoms with Gasteiger partial charge in [0.1, 0.15) is 5.69 Å². The van der Waals surface area contributed by atoms with Crippen molar-refractivity contribution in [2.24, 2.45) is 5.18 Å². The molecule has 0 amide bonds. The van der Waals surface area contributed by atoms with Crippen molar-refractivity contribution in [2.45, 2.75) is 20.3 Å². The zero-order valence-electron chi connectivity index (χ0n) is 9.49. The Morgan fingerprint density at radius 1 is 1.44 bits per heavy atom. The van der Waals surface area contributed by atoms with Gasteiger partial charge in [-0.2, -0.15) is 0 Å². The molecule has 0 spiro atoms. The summed E-state index contributed by atoms with van der Waals surface area (Å²) in [7, 11) is 1.25. The lowest BCUT2D eigenvalue weighted by Gasteiger charge is -2.00. The van der Waals surface area contributed by atoms with Gasteiger partial charge in [0.2, 0.25) is 0 Å². The van der Waals surface area contributed by atoms with Gasteiger partial charge in [-0.1, -0.05) is 19.9 Å². The molecule has 88 valence electrons. The van der Waals surface area contributed by atoms with Crippen LogP contribution < -0.4 is 0 Å². The van der Waals surface area contributed by atoms with Crippen molar-refractivity contribution in [3.8, 4) is 0 Å². The van der Waals surface area contributed by atoms with Crippen LogP contribution >= 0.6 is 0 Å². The van der Waals surface area contributed by atoms with E-state index in [1.165, 1.54) is 19.2 Å². The molecule has 0 aliphatic heterocycles. The molecule has 0 radical (unpaired) electrons. The quantitative estimate of drug-likeness (QED) is 0.589. The van der Waals surface area contributed by atoms with Gasteiger partial charge in [-0.25, -0.2) is 4.39 Å². The summed E-state index contributed by atoms with van der Waals surface area (Å²) in [6.45, 7) is 4.00. The zero-order chi connectivity index (χ0) is 12.6. The van der Waals surface area contributed by atoms with Gasteiger partial charge in [0.25, 0.3) is 0 Å². The van der Waals surface area contributed by atoms with E-state index in [2.05, 4.69) is 9.91 Å². The van der Waals surface area contributed by atoms with Crippen molar-refractivity contribution in [2.75, 3.05) is 7.11 Å². The van der Waals surface area contributed by atoms with Crippen molar-refractivity contribution >= 4 is 11.7 Å². The lowest BCUT2D eigenvalue weighted by atomic mass is 10.1. The zero-order valence-corrected chi connectivity index (χ0v) is 9.49. The van der Waals surface area contributed by atoms with Gasteiger partial charge in [-0.05, 0) is 22.9 Å². The molecule has 0 aromatic heterocycles. The Morgan fingerprint density at radius 2 is 2.06 bits per heavy atom. The number of ether oxygens (including phenoxy) is 1. The monoisotopic (exact) mass is 227 g/mol. The van der Waals surface area contributed by atoms with Gasteiger partial charge in [-0.15, -0.1) is 4.91 Å². The van der Waals surface area contributed by atoms with Crippen molar-refractivity contribution in [1.82, 2.24) is 0 Å². The summed E-state index contributed by atoms with van der Waals surface area (Å²) in [5.74, 6) is -1.20. The maximum Gasteiger partial charge on any atom is 0.309 e. The molecule has 1 aromatic rings. The summed E-state index contributed by atoms with van der Waals surface area (Å²) in [6, 6.07) is 3.77. The van der Waals surface area contributed by atoms with Gasteiger partial charge in [-0.3, -0.25) is 4.79 Å². The van der Waals surface area contributed by atoms with Crippen LogP contribution in [0.5, 0.6) is 0 Å². The SMILES string of the molecule is CC.COC(=O)Cc1ccc(N=O)c(F)c1. The first-order valence-electron chi connectivity index (χ1n) is 4.86. The van der Waals surface area contributed by atoms with E-state index >= 15 is 0 Å². The first-order valence-corrected chi connectivity index (χ1v) is 4.86. The second kappa shape index (κ2) is 7.50. The molecular weight excluding hydrogens is 213 g/mol. The molecule has 0 saturated heterocycles. The van der Waals surface area contributed by atoms with E-state index in [1.807, 2.05) is 13.8 Å². The highest BCUT2D eigenvalue weighted by Crippen LogP contribution is 2.18. The predicted molar refractivity (Wildman–Crippen MR) is 58.9 cm³/mol. The summed E-state index contributed by atoms with van der Waals surface area (Å²) in [5, 5.41) is 2.47. The summed E-state index contributed by atoms with van der Waals surface area (Å²) in [5.41, 5.74) is 0.181. The van der Waals surface area contributed by atoms with E-state index in [4.69, 9.17) is 0 Å². The van der Waals surface area contributed by atoms with E-state index in [9.17, 15) is 14.1 Å². The summed E-state index contributed by atoms with van der Waals surface area (Å²) in [4.78, 5) is 20.9. The van der Waals surface area contributed by atoms with E-state index in [0.717, 1.165) is 6.07 Å². The number of methoxy groups -OCH3 is 1. The molecule has 0 saturated carbocycles. The number of nitrogens with zero attached hydrogens (tertiary/aromatic N) is 1. The average Bonchev–Trinajstić information content (AvgIpc) is 2.32. The first kappa shape index (κ1) is 14.2. The number of nitroso groups, excluding NO2 is 1. The van der Waals surface area contributed by atoms with E-state index in [1.54, 1.807) is 0 Å². The smallest absolute Gasteiger partial charge is 0.309 e. The highest BCUT2D eigenvalue weighted by molar-refractivity contribution is 5.72. The Balaban J connectivity index is 0.00000106. The second-order valence-electron chi connectivity index (χ2n) is 2.63. The molecule has 0 unspecified atom stereocenters. The fraction of sp³-hybridized carbons (Fsp3) is 0.364. The lowest BCUT2D eigenvalue weighted by Crippen LogP contribution is -2.04. The fourth-order valence-electron chi connectivity index (χ4n) is 0.973. The van der Waals surface area contributed by atoms with Crippen LogP contribution in [0.2, 0.25) is 0 Å². The molecule has 0 bridgehead atoms. The summed E-state index contributed by atoms with van der Waals surface area (Å²) in [6.07, 6.45) is -0.0213.